The fraction of sp³-hybridized carbons (Fsp3) is 0.278. The van der Waals surface area contributed by atoms with Crippen molar-refractivity contribution in [2.75, 3.05) is 5.32 Å². The zero-order valence-electron chi connectivity index (χ0n) is 16.3. The first-order chi connectivity index (χ1) is 14.9. The number of halogens is 6. The Bertz CT molecular complexity index is 1260. The number of aryl methyl sites for hydroxylation is 1. The van der Waals surface area contributed by atoms with Gasteiger partial charge in [-0.2, -0.15) is 36.0 Å². The molecule has 14 heteroatoms. The highest BCUT2D eigenvalue weighted by Gasteiger charge is 2.40. The van der Waals surface area contributed by atoms with E-state index in [2.05, 4.69) is 30.4 Å². The summed E-state index contributed by atoms with van der Waals surface area (Å²) in [6.45, 7) is 3.20. The second kappa shape index (κ2) is 7.46. The average Bonchev–Trinajstić information content (AvgIpc) is 3.29. The number of hydrogen-bond acceptors (Lipinski definition) is 7. The predicted molar refractivity (Wildman–Crippen MR) is 97.7 cm³/mol. The van der Waals surface area contributed by atoms with E-state index in [1.54, 1.807) is 19.9 Å². The van der Waals surface area contributed by atoms with Gasteiger partial charge in [-0.25, -0.2) is 15.0 Å². The van der Waals surface area contributed by atoms with Crippen LogP contribution in [-0.2, 0) is 12.4 Å². The molecule has 0 unspecified atom stereocenters. The standard InChI is InChI=1S/C18H13F6N7O/c1-8(14-28-9(2)30-31(14)15-25-4-3-5-26-15)27-16-29-12-7-10(17(19,20)21)6-11(13(12)32-16)18(22,23)24/h3-8H,1-2H3,(H,27,29)/t8-/m0/s1. The highest BCUT2D eigenvalue weighted by Crippen LogP contribution is 2.41. The van der Waals surface area contributed by atoms with Crippen molar-refractivity contribution in [3.8, 4) is 5.95 Å². The van der Waals surface area contributed by atoms with Gasteiger partial charge in [0.1, 0.15) is 16.9 Å². The molecule has 3 aromatic heterocycles. The Kier molecular flexibility index (Phi) is 5.02. The number of benzene rings is 1. The summed E-state index contributed by atoms with van der Waals surface area (Å²) in [5, 5.41) is 6.89. The summed E-state index contributed by atoms with van der Waals surface area (Å²) >= 11 is 0. The van der Waals surface area contributed by atoms with Gasteiger partial charge < -0.3 is 9.73 Å². The smallest absolute Gasteiger partial charge is 0.420 e. The molecule has 0 aliphatic rings. The normalized spacial score (nSPS) is 13.5. The van der Waals surface area contributed by atoms with Gasteiger partial charge in [-0.3, -0.25) is 0 Å². The number of anilines is 1. The number of aromatic nitrogens is 6. The van der Waals surface area contributed by atoms with Crippen molar-refractivity contribution in [1.29, 1.82) is 0 Å². The first-order valence-electron chi connectivity index (χ1n) is 9.00. The lowest BCUT2D eigenvalue weighted by molar-refractivity contribution is -0.142. The molecule has 1 N–H and O–H groups in total. The molecule has 1 atom stereocenters. The van der Waals surface area contributed by atoms with Gasteiger partial charge >= 0.3 is 12.4 Å². The summed E-state index contributed by atoms with van der Waals surface area (Å²) < 4.78 is 85.7. The van der Waals surface area contributed by atoms with Crippen LogP contribution in [0.4, 0.5) is 32.4 Å². The van der Waals surface area contributed by atoms with E-state index in [1.807, 2.05) is 0 Å². The van der Waals surface area contributed by atoms with E-state index in [-0.39, 0.29) is 17.8 Å². The molecule has 168 valence electrons. The monoisotopic (exact) mass is 457 g/mol. The summed E-state index contributed by atoms with van der Waals surface area (Å²) in [7, 11) is 0. The Morgan fingerprint density at radius 2 is 1.69 bits per heavy atom. The van der Waals surface area contributed by atoms with Crippen molar-refractivity contribution in [2.24, 2.45) is 0 Å². The quantitative estimate of drug-likeness (QED) is 0.443. The van der Waals surface area contributed by atoms with Crippen LogP contribution in [0.25, 0.3) is 17.0 Å². The van der Waals surface area contributed by atoms with Gasteiger partial charge in [0, 0.05) is 12.4 Å². The van der Waals surface area contributed by atoms with Gasteiger partial charge in [0.05, 0.1) is 11.6 Å². The molecule has 0 aliphatic carbocycles. The molecule has 0 saturated heterocycles. The molecule has 0 radical (unpaired) electrons. The maximum atomic E-state index is 13.4. The SMILES string of the molecule is Cc1nc([C@H](C)Nc2nc3cc(C(F)(F)F)cc(C(F)(F)F)c3o2)n(-c2ncccn2)n1. The van der Waals surface area contributed by atoms with Gasteiger partial charge in [0.25, 0.3) is 12.0 Å². The van der Waals surface area contributed by atoms with E-state index in [4.69, 9.17) is 4.42 Å². The highest BCUT2D eigenvalue weighted by atomic mass is 19.4. The zero-order chi connectivity index (χ0) is 23.3. The topological polar surface area (TPSA) is 94.6 Å². The van der Waals surface area contributed by atoms with E-state index in [0.717, 1.165) is 0 Å². The van der Waals surface area contributed by atoms with Crippen molar-refractivity contribution in [1.82, 2.24) is 29.7 Å². The molecule has 4 rings (SSSR count). The summed E-state index contributed by atoms with van der Waals surface area (Å²) in [5.74, 6) is 0.847. The third-order valence-electron chi connectivity index (χ3n) is 4.33. The first-order valence-corrected chi connectivity index (χ1v) is 9.00. The third kappa shape index (κ3) is 4.07. The van der Waals surface area contributed by atoms with Crippen molar-refractivity contribution < 1.29 is 30.8 Å². The second-order valence-corrected chi connectivity index (χ2v) is 6.73. The molecule has 0 fully saturated rings. The van der Waals surface area contributed by atoms with Crippen LogP contribution >= 0.6 is 0 Å². The number of fused-ring (bicyclic) bond motifs is 1. The lowest BCUT2D eigenvalue weighted by Crippen LogP contribution is -2.15. The summed E-state index contributed by atoms with van der Waals surface area (Å²) in [5.41, 5.74) is -4.47. The maximum Gasteiger partial charge on any atom is 0.420 e. The van der Waals surface area contributed by atoms with Gasteiger partial charge in [-0.15, -0.1) is 5.10 Å². The van der Waals surface area contributed by atoms with Crippen LogP contribution in [0.2, 0.25) is 0 Å². The first kappa shape index (κ1) is 21.5. The Morgan fingerprint density at radius 3 is 2.31 bits per heavy atom. The minimum Gasteiger partial charge on any atom is -0.423 e. The molecule has 4 aromatic rings. The molecule has 0 spiro atoms. The lowest BCUT2D eigenvalue weighted by atomic mass is 10.1. The minimum absolute atomic E-state index is 0.00650. The van der Waals surface area contributed by atoms with E-state index < -0.39 is 46.6 Å². The molecule has 8 nitrogen and oxygen atoms in total. The van der Waals surface area contributed by atoms with Crippen molar-refractivity contribution in [2.45, 2.75) is 32.2 Å². The van der Waals surface area contributed by atoms with Crippen LogP contribution < -0.4 is 5.32 Å². The van der Waals surface area contributed by atoms with Crippen molar-refractivity contribution in [3.63, 3.8) is 0 Å². The molecule has 0 aliphatic heterocycles. The lowest BCUT2D eigenvalue weighted by Gasteiger charge is -2.12. The van der Waals surface area contributed by atoms with Crippen LogP contribution in [0.1, 0.15) is 35.7 Å². The fourth-order valence-electron chi connectivity index (χ4n) is 2.98. The largest absolute Gasteiger partial charge is 0.423 e. The third-order valence-corrected chi connectivity index (χ3v) is 4.33. The highest BCUT2D eigenvalue weighted by molar-refractivity contribution is 5.80. The summed E-state index contributed by atoms with van der Waals surface area (Å²) in [4.78, 5) is 16.2. The molecular formula is C18H13F6N7O. The molecule has 1 aromatic carbocycles. The van der Waals surface area contributed by atoms with Crippen LogP contribution in [0.5, 0.6) is 0 Å². The number of hydrogen-bond donors (Lipinski definition) is 1. The predicted octanol–water partition coefficient (Wildman–Crippen LogP) is 4.72. The van der Waals surface area contributed by atoms with Gasteiger partial charge in [-0.1, -0.05) is 0 Å². The number of rotatable bonds is 4. The number of oxazole rings is 1. The average molecular weight is 457 g/mol. The van der Waals surface area contributed by atoms with Gasteiger partial charge in [0.15, 0.2) is 11.4 Å². The maximum absolute atomic E-state index is 13.4. The Labute approximate surface area is 175 Å². The molecule has 32 heavy (non-hydrogen) atoms. The molecule has 0 bridgehead atoms. The van der Waals surface area contributed by atoms with Crippen LogP contribution in [0.15, 0.2) is 35.0 Å². The van der Waals surface area contributed by atoms with E-state index in [9.17, 15) is 26.3 Å². The minimum atomic E-state index is -5.08. The van der Waals surface area contributed by atoms with Crippen molar-refractivity contribution >= 4 is 17.1 Å². The molecular weight excluding hydrogens is 444 g/mol. The van der Waals surface area contributed by atoms with E-state index in [1.165, 1.54) is 17.1 Å². The molecule has 0 saturated carbocycles. The second-order valence-electron chi connectivity index (χ2n) is 6.73. The molecule has 3 heterocycles. The number of nitrogens with zero attached hydrogens (tertiary/aromatic N) is 6. The van der Waals surface area contributed by atoms with Crippen molar-refractivity contribution in [3.05, 3.63) is 53.4 Å². The van der Waals surface area contributed by atoms with E-state index in [0.29, 0.717) is 11.9 Å². The van der Waals surface area contributed by atoms with Crippen LogP contribution in [0, 0.1) is 6.92 Å². The Balaban J connectivity index is 1.73. The Morgan fingerprint density at radius 1 is 1.00 bits per heavy atom. The summed E-state index contributed by atoms with van der Waals surface area (Å²) in [6, 6.07) is 0.936. The van der Waals surface area contributed by atoms with Crippen LogP contribution in [-0.4, -0.2) is 29.7 Å². The van der Waals surface area contributed by atoms with Gasteiger partial charge in [-0.05, 0) is 32.0 Å². The van der Waals surface area contributed by atoms with E-state index >= 15 is 0 Å². The number of nitrogens with one attached hydrogen (secondary N) is 1. The van der Waals surface area contributed by atoms with Crippen LogP contribution in [0.3, 0.4) is 0 Å². The Hall–Kier alpha value is -3.71. The number of alkyl halides is 6. The molecule has 0 amide bonds. The fourth-order valence-corrected chi connectivity index (χ4v) is 2.98. The zero-order valence-corrected chi connectivity index (χ0v) is 16.3. The summed E-state index contributed by atoms with van der Waals surface area (Å²) in [6.07, 6.45) is -7.10. The van der Waals surface area contributed by atoms with Gasteiger partial charge in [0.2, 0.25) is 0 Å².